The van der Waals surface area contributed by atoms with Crippen molar-refractivity contribution in [1.82, 2.24) is 20.0 Å². The topological polar surface area (TPSA) is 38.8 Å². The summed E-state index contributed by atoms with van der Waals surface area (Å²) in [5.41, 5.74) is 0. The van der Waals surface area contributed by atoms with Gasteiger partial charge in [-0.25, -0.2) is 0 Å². The zero-order chi connectivity index (χ0) is 15.1. The summed E-state index contributed by atoms with van der Waals surface area (Å²) < 4.78 is 0. The van der Waals surface area contributed by atoms with E-state index >= 15 is 0 Å². The molecular formula is C16H32N4O. The minimum Gasteiger partial charge on any atom is -0.339 e. The first-order valence-electron chi connectivity index (χ1n) is 8.58. The summed E-state index contributed by atoms with van der Waals surface area (Å²) in [4.78, 5) is 19.1. The number of likely N-dealkylation sites (N-methyl/N-ethyl adjacent to an activating group) is 1. The third-order valence-corrected chi connectivity index (χ3v) is 4.68. The van der Waals surface area contributed by atoms with Crippen LogP contribution in [0.5, 0.6) is 0 Å². The molecule has 1 unspecified atom stereocenters. The minimum absolute atomic E-state index is 0.324. The van der Waals surface area contributed by atoms with Crippen molar-refractivity contribution in [2.24, 2.45) is 5.92 Å². The molecule has 0 aromatic heterocycles. The van der Waals surface area contributed by atoms with Crippen LogP contribution < -0.4 is 5.32 Å². The van der Waals surface area contributed by atoms with Crippen LogP contribution >= 0.6 is 0 Å². The van der Waals surface area contributed by atoms with E-state index in [0.717, 1.165) is 52.4 Å². The van der Waals surface area contributed by atoms with E-state index in [9.17, 15) is 4.79 Å². The molecule has 5 heteroatoms. The fourth-order valence-electron chi connectivity index (χ4n) is 3.29. The van der Waals surface area contributed by atoms with Gasteiger partial charge in [-0.05, 0) is 51.9 Å². The molecule has 2 rings (SSSR count). The lowest BCUT2D eigenvalue weighted by molar-refractivity contribution is -0.134. The first-order chi connectivity index (χ1) is 10.2. The Bertz CT molecular complexity index is 315. The van der Waals surface area contributed by atoms with Gasteiger partial charge in [-0.15, -0.1) is 0 Å². The molecule has 2 aliphatic rings. The maximum absolute atomic E-state index is 12.4. The second-order valence-corrected chi connectivity index (χ2v) is 6.63. The van der Waals surface area contributed by atoms with E-state index in [1.807, 2.05) is 4.90 Å². The van der Waals surface area contributed by atoms with Gasteiger partial charge in [0.05, 0.1) is 6.54 Å². The molecule has 0 aromatic rings. The van der Waals surface area contributed by atoms with E-state index in [0.29, 0.717) is 18.4 Å². The standard InChI is InChI=1S/C16H32N4O/c1-3-6-17-12-15-5-4-7-19(13-15)14-16(21)20-10-8-18(2)9-11-20/h15,17H,3-14H2,1-2H3. The molecule has 1 N–H and O–H groups in total. The van der Waals surface area contributed by atoms with Crippen molar-refractivity contribution in [3.05, 3.63) is 0 Å². The van der Waals surface area contributed by atoms with Crippen molar-refractivity contribution in [1.29, 1.82) is 0 Å². The Kier molecular flexibility index (Phi) is 6.93. The van der Waals surface area contributed by atoms with Gasteiger partial charge in [0.1, 0.15) is 0 Å². The van der Waals surface area contributed by atoms with Crippen molar-refractivity contribution >= 4 is 5.91 Å². The molecule has 2 aliphatic heterocycles. The number of hydrogen-bond acceptors (Lipinski definition) is 4. The largest absolute Gasteiger partial charge is 0.339 e. The van der Waals surface area contributed by atoms with Crippen LogP contribution in [0.25, 0.3) is 0 Å². The van der Waals surface area contributed by atoms with Crippen molar-refractivity contribution in [2.45, 2.75) is 26.2 Å². The highest BCUT2D eigenvalue weighted by atomic mass is 16.2. The summed E-state index contributed by atoms with van der Waals surface area (Å²) in [7, 11) is 2.13. The predicted octanol–water partition coefficient (Wildman–Crippen LogP) is 0.472. The van der Waals surface area contributed by atoms with Gasteiger partial charge in [0, 0.05) is 32.7 Å². The second-order valence-electron chi connectivity index (χ2n) is 6.63. The summed E-state index contributed by atoms with van der Waals surface area (Å²) in [6.45, 7) is 11.0. The minimum atomic E-state index is 0.324. The van der Waals surface area contributed by atoms with Crippen LogP contribution in [0.15, 0.2) is 0 Å². The van der Waals surface area contributed by atoms with Crippen LogP contribution in [0.3, 0.4) is 0 Å². The number of carbonyl (C=O) groups is 1. The monoisotopic (exact) mass is 296 g/mol. The summed E-state index contributed by atoms with van der Waals surface area (Å²) in [6, 6.07) is 0. The molecular weight excluding hydrogens is 264 g/mol. The number of rotatable bonds is 6. The molecule has 0 spiro atoms. The number of nitrogens with zero attached hydrogens (tertiary/aromatic N) is 3. The van der Waals surface area contributed by atoms with Crippen molar-refractivity contribution in [2.75, 3.05) is 66.0 Å². The van der Waals surface area contributed by atoms with E-state index < -0.39 is 0 Å². The molecule has 0 aliphatic carbocycles. The molecule has 0 bridgehead atoms. The molecule has 2 fully saturated rings. The number of piperazine rings is 1. The highest BCUT2D eigenvalue weighted by molar-refractivity contribution is 5.78. The normalized spacial score (nSPS) is 25.2. The number of carbonyl (C=O) groups excluding carboxylic acids is 1. The van der Waals surface area contributed by atoms with Gasteiger partial charge in [-0.1, -0.05) is 6.92 Å². The second kappa shape index (κ2) is 8.71. The molecule has 0 saturated carbocycles. The lowest BCUT2D eigenvalue weighted by Gasteiger charge is -2.36. The third-order valence-electron chi connectivity index (χ3n) is 4.68. The van der Waals surface area contributed by atoms with Crippen molar-refractivity contribution in [3.8, 4) is 0 Å². The Balaban J connectivity index is 1.70. The molecule has 1 atom stereocenters. The number of amides is 1. The number of likely N-dealkylation sites (tertiary alicyclic amines) is 1. The Morgan fingerprint density at radius 2 is 1.95 bits per heavy atom. The molecule has 0 radical (unpaired) electrons. The van der Waals surface area contributed by atoms with E-state index in [1.54, 1.807) is 0 Å². The molecule has 0 aromatic carbocycles. The van der Waals surface area contributed by atoms with Gasteiger partial charge in [-0.3, -0.25) is 9.69 Å². The molecule has 2 saturated heterocycles. The predicted molar refractivity (Wildman–Crippen MR) is 86.4 cm³/mol. The van der Waals surface area contributed by atoms with Crippen molar-refractivity contribution < 1.29 is 4.79 Å². The average Bonchev–Trinajstić information content (AvgIpc) is 2.48. The SMILES string of the molecule is CCCNCC1CCCN(CC(=O)N2CCN(C)CC2)C1. The van der Waals surface area contributed by atoms with Crippen LogP contribution in [-0.2, 0) is 4.79 Å². The van der Waals surface area contributed by atoms with E-state index in [1.165, 1.54) is 19.3 Å². The van der Waals surface area contributed by atoms with E-state index in [4.69, 9.17) is 0 Å². The lowest BCUT2D eigenvalue weighted by Crippen LogP contribution is -2.51. The molecule has 122 valence electrons. The maximum Gasteiger partial charge on any atom is 0.236 e. The lowest BCUT2D eigenvalue weighted by atomic mass is 9.98. The van der Waals surface area contributed by atoms with Gasteiger partial charge in [0.15, 0.2) is 0 Å². The molecule has 1 amide bonds. The van der Waals surface area contributed by atoms with Gasteiger partial charge < -0.3 is 15.1 Å². The first kappa shape index (κ1) is 16.7. The molecule has 21 heavy (non-hydrogen) atoms. The van der Waals surface area contributed by atoms with Crippen LogP contribution in [0.1, 0.15) is 26.2 Å². The number of hydrogen-bond donors (Lipinski definition) is 1. The Morgan fingerprint density at radius 3 is 2.67 bits per heavy atom. The molecule has 2 heterocycles. The number of nitrogens with one attached hydrogen (secondary N) is 1. The van der Waals surface area contributed by atoms with E-state index in [2.05, 4.69) is 29.1 Å². The van der Waals surface area contributed by atoms with Crippen molar-refractivity contribution in [3.63, 3.8) is 0 Å². The fourth-order valence-corrected chi connectivity index (χ4v) is 3.29. The van der Waals surface area contributed by atoms with Gasteiger partial charge >= 0.3 is 0 Å². The first-order valence-corrected chi connectivity index (χ1v) is 8.58. The zero-order valence-electron chi connectivity index (χ0n) is 13.8. The molecule has 5 nitrogen and oxygen atoms in total. The van der Waals surface area contributed by atoms with E-state index in [-0.39, 0.29) is 0 Å². The van der Waals surface area contributed by atoms with Crippen LogP contribution in [0.4, 0.5) is 0 Å². The fraction of sp³-hybridized carbons (Fsp3) is 0.938. The summed E-state index contributed by atoms with van der Waals surface area (Å²) in [5.74, 6) is 1.04. The average molecular weight is 296 g/mol. The zero-order valence-corrected chi connectivity index (χ0v) is 13.8. The third kappa shape index (κ3) is 5.57. The van der Waals surface area contributed by atoms with Gasteiger partial charge in [0.2, 0.25) is 5.91 Å². The summed E-state index contributed by atoms with van der Waals surface area (Å²) in [6.07, 6.45) is 3.72. The van der Waals surface area contributed by atoms with Gasteiger partial charge in [0.25, 0.3) is 0 Å². The van der Waals surface area contributed by atoms with Gasteiger partial charge in [-0.2, -0.15) is 0 Å². The van der Waals surface area contributed by atoms with Crippen LogP contribution in [0.2, 0.25) is 0 Å². The summed E-state index contributed by atoms with van der Waals surface area (Å²) in [5, 5.41) is 3.52. The smallest absolute Gasteiger partial charge is 0.236 e. The van der Waals surface area contributed by atoms with Crippen LogP contribution in [-0.4, -0.2) is 86.6 Å². The Morgan fingerprint density at radius 1 is 1.19 bits per heavy atom. The maximum atomic E-state index is 12.4. The quantitative estimate of drug-likeness (QED) is 0.723. The summed E-state index contributed by atoms with van der Waals surface area (Å²) >= 11 is 0. The number of piperidine rings is 1. The van der Waals surface area contributed by atoms with Crippen LogP contribution in [0, 0.1) is 5.92 Å². The highest BCUT2D eigenvalue weighted by Crippen LogP contribution is 2.16. The highest BCUT2D eigenvalue weighted by Gasteiger charge is 2.24. The Hall–Kier alpha value is -0.650. The Labute approximate surface area is 129 Å².